The number of amides is 1. The van der Waals surface area contributed by atoms with Crippen molar-refractivity contribution in [2.75, 3.05) is 0 Å². The summed E-state index contributed by atoms with van der Waals surface area (Å²) in [7, 11) is 0. The summed E-state index contributed by atoms with van der Waals surface area (Å²) in [5, 5.41) is 0.362. The van der Waals surface area contributed by atoms with Crippen LogP contribution in [0.4, 0.5) is 8.78 Å². The molecule has 1 amide bonds. The Labute approximate surface area is 137 Å². The highest BCUT2D eigenvalue weighted by Gasteiger charge is 2.34. The van der Waals surface area contributed by atoms with Crippen LogP contribution in [0.25, 0.3) is 0 Å². The molecule has 0 radical (unpaired) electrons. The fraction of sp³-hybridized carbons (Fsp3) is 0.154. The molecule has 110 valence electrons. The zero-order valence-corrected chi connectivity index (χ0v) is 13.4. The third-order valence-electron chi connectivity index (χ3n) is 2.52. The Hall–Kier alpha value is -1.35. The molecule has 0 bridgehead atoms. The van der Waals surface area contributed by atoms with Crippen molar-refractivity contribution in [2.24, 2.45) is 4.99 Å². The van der Waals surface area contributed by atoms with E-state index >= 15 is 0 Å². The summed E-state index contributed by atoms with van der Waals surface area (Å²) in [6, 6.07) is 8.21. The van der Waals surface area contributed by atoms with Crippen molar-refractivity contribution in [3.8, 4) is 0 Å². The van der Waals surface area contributed by atoms with Crippen molar-refractivity contribution < 1.29 is 13.6 Å². The van der Waals surface area contributed by atoms with E-state index < -0.39 is 9.84 Å². The predicted molar refractivity (Wildman–Crippen MR) is 82.3 cm³/mol. The van der Waals surface area contributed by atoms with Gasteiger partial charge in [-0.2, -0.15) is 13.8 Å². The molecule has 0 aliphatic heterocycles. The average molecular weight is 424 g/mol. The van der Waals surface area contributed by atoms with Crippen LogP contribution in [0.15, 0.2) is 47.7 Å². The molecule has 2 heterocycles. The molecule has 21 heavy (non-hydrogen) atoms. The lowest BCUT2D eigenvalue weighted by molar-refractivity contribution is -0.129. The van der Waals surface area contributed by atoms with Crippen molar-refractivity contribution in [2.45, 2.75) is 10.5 Å². The van der Waals surface area contributed by atoms with Crippen LogP contribution in [0.3, 0.4) is 0 Å². The minimum Gasteiger partial charge on any atom is -0.328 e. The van der Waals surface area contributed by atoms with Gasteiger partial charge in [-0.15, -0.1) is 0 Å². The monoisotopic (exact) mass is 423 g/mol. The van der Waals surface area contributed by atoms with Gasteiger partial charge >= 0.3 is 9.84 Å². The second-order valence-electron chi connectivity index (χ2n) is 4.09. The summed E-state index contributed by atoms with van der Waals surface area (Å²) in [5.41, 5.74) is 0.953. The first-order valence-corrected chi connectivity index (χ1v) is 7.24. The molecule has 0 spiro atoms. The number of alkyl halides is 3. The van der Waals surface area contributed by atoms with Crippen LogP contribution in [0, 0.1) is 0 Å². The summed E-state index contributed by atoms with van der Waals surface area (Å²) in [6.07, 6.45) is 3.22. The van der Waals surface area contributed by atoms with E-state index in [2.05, 4.69) is 9.98 Å². The average Bonchev–Trinajstić information content (AvgIpc) is 2.42. The van der Waals surface area contributed by atoms with Crippen molar-refractivity contribution in [1.82, 2.24) is 9.55 Å². The topological polar surface area (TPSA) is 47.2 Å². The second-order valence-corrected chi connectivity index (χ2v) is 5.83. The summed E-state index contributed by atoms with van der Waals surface area (Å²) < 4.78 is 23.9. The lowest BCUT2D eigenvalue weighted by atomic mass is 10.3. The van der Waals surface area contributed by atoms with Crippen molar-refractivity contribution in [3.63, 3.8) is 0 Å². The second kappa shape index (κ2) is 6.61. The Bertz CT molecular complexity index is 710. The van der Waals surface area contributed by atoms with Gasteiger partial charge < -0.3 is 4.57 Å². The van der Waals surface area contributed by atoms with Crippen molar-refractivity contribution in [3.05, 3.63) is 58.9 Å². The number of aromatic nitrogens is 2. The molecule has 0 fully saturated rings. The largest absolute Gasteiger partial charge is 0.374 e. The van der Waals surface area contributed by atoms with Gasteiger partial charge in [-0.3, -0.25) is 4.79 Å². The SMILES string of the molecule is O=C(N=c1ccccn1Cc1ccc(Cl)nc1)C(F)(F)I. The van der Waals surface area contributed by atoms with E-state index in [-0.39, 0.29) is 5.49 Å². The van der Waals surface area contributed by atoms with E-state index in [0.717, 1.165) is 28.2 Å². The lowest BCUT2D eigenvalue weighted by Crippen LogP contribution is -2.26. The van der Waals surface area contributed by atoms with E-state index in [0.29, 0.717) is 11.7 Å². The first-order chi connectivity index (χ1) is 9.86. The molecule has 0 saturated carbocycles. The maximum absolute atomic E-state index is 12.9. The van der Waals surface area contributed by atoms with Gasteiger partial charge in [-0.05, 0) is 23.8 Å². The number of hydrogen-bond donors (Lipinski definition) is 0. The molecule has 0 aliphatic carbocycles. The van der Waals surface area contributed by atoms with Crippen molar-refractivity contribution >= 4 is 40.1 Å². The molecular weight excluding hydrogens is 415 g/mol. The number of carbonyl (C=O) groups is 1. The van der Waals surface area contributed by atoms with Gasteiger partial charge in [0.1, 0.15) is 10.6 Å². The lowest BCUT2D eigenvalue weighted by Gasteiger charge is -2.08. The fourth-order valence-electron chi connectivity index (χ4n) is 1.57. The van der Waals surface area contributed by atoms with E-state index in [9.17, 15) is 13.6 Å². The molecule has 0 aromatic carbocycles. The Balaban J connectivity index is 2.35. The highest BCUT2D eigenvalue weighted by molar-refractivity contribution is 14.1. The number of carbonyl (C=O) groups excluding carboxylic acids is 1. The van der Waals surface area contributed by atoms with E-state index in [1.165, 1.54) is 6.07 Å². The van der Waals surface area contributed by atoms with Crippen LogP contribution in [0.1, 0.15) is 5.56 Å². The van der Waals surface area contributed by atoms with Gasteiger partial charge in [0.15, 0.2) is 0 Å². The number of rotatable bonds is 3. The van der Waals surface area contributed by atoms with E-state index in [1.54, 1.807) is 41.2 Å². The van der Waals surface area contributed by atoms with Gasteiger partial charge in [0.2, 0.25) is 0 Å². The van der Waals surface area contributed by atoms with Crippen LogP contribution >= 0.6 is 34.2 Å². The van der Waals surface area contributed by atoms with Crippen LogP contribution in [0.2, 0.25) is 5.15 Å². The minimum absolute atomic E-state index is 0.147. The van der Waals surface area contributed by atoms with Crippen LogP contribution in [-0.2, 0) is 11.3 Å². The quantitative estimate of drug-likeness (QED) is 0.433. The zero-order chi connectivity index (χ0) is 15.5. The van der Waals surface area contributed by atoms with Crippen LogP contribution in [-0.4, -0.2) is 19.4 Å². The Kier molecular flexibility index (Phi) is 5.04. The normalized spacial score (nSPS) is 12.5. The highest BCUT2D eigenvalue weighted by Crippen LogP contribution is 2.23. The molecular formula is C13H9ClF2IN3O. The number of halogens is 4. The molecule has 4 nitrogen and oxygen atoms in total. The summed E-state index contributed by atoms with van der Waals surface area (Å²) >= 11 is 6.46. The predicted octanol–water partition coefficient (Wildman–Crippen LogP) is 3.04. The zero-order valence-electron chi connectivity index (χ0n) is 10.5. The van der Waals surface area contributed by atoms with E-state index in [1.807, 2.05) is 0 Å². The molecule has 0 atom stereocenters. The molecule has 0 N–H and O–H groups in total. The fourth-order valence-corrected chi connectivity index (χ4v) is 1.80. The standard InChI is InChI=1S/C13H9ClF2IN3O/c14-10-5-4-9(7-18-10)8-20-6-2-1-3-11(20)19-12(21)13(15,16)17/h1-7H,8H2. The maximum atomic E-state index is 12.9. The van der Waals surface area contributed by atoms with E-state index in [4.69, 9.17) is 11.6 Å². The Morgan fingerprint density at radius 3 is 2.76 bits per heavy atom. The minimum atomic E-state index is -3.52. The van der Waals surface area contributed by atoms with Gasteiger partial charge in [0, 0.05) is 35.0 Å². The Morgan fingerprint density at radius 1 is 1.38 bits per heavy atom. The van der Waals surface area contributed by atoms with Crippen molar-refractivity contribution in [1.29, 1.82) is 0 Å². The first kappa shape index (κ1) is 16.0. The molecule has 0 aliphatic rings. The number of hydrogen-bond acceptors (Lipinski definition) is 2. The van der Waals surface area contributed by atoms with Gasteiger partial charge in [0.05, 0.1) is 6.54 Å². The van der Waals surface area contributed by atoms with Gasteiger partial charge in [-0.1, -0.05) is 23.7 Å². The Morgan fingerprint density at radius 2 is 2.14 bits per heavy atom. The van der Waals surface area contributed by atoms with Crippen LogP contribution in [0.5, 0.6) is 0 Å². The molecule has 2 aromatic heterocycles. The summed E-state index contributed by atoms with van der Waals surface area (Å²) in [4.78, 5) is 18.7. The third-order valence-corrected chi connectivity index (χ3v) is 3.20. The van der Waals surface area contributed by atoms with Crippen LogP contribution < -0.4 is 5.49 Å². The summed E-state index contributed by atoms with van der Waals surface area (Å²) in [6.45, 7) is 0.337. The molecule has 2 rings (SSSR count). The molecule has 0 unspecified atom stereocenters. The smallest absolute Gasteiger partial charge is 0.328 e. The molecule has 2 aromatic rings. The maximum Gasteiger partial charge on any atom is 0.374 e. The molecule has 8 heteroatoms. The van der Waals surface area contributed by atoms with Gasteiger partial charge in [0.25, 0.3) is 0 Å². The first-order valence-electron chi connectivity index (χ1n) is 5.78. The van der Waals surface area contributed by atoms with Gasteiger partial charge in [-0.25, -0.2) is 4.98 Å². The number of nitrogens with zero attached hydrogens (tertiary/aromatic N) is 3. The summed E-state index contributed by atoms with van der Waals surface area (Å²) in [5.74, 6) is -1.49. The number of pyridine rings is 2. The highest BCUT2D eigenvalue weighted by atomic mass is 127. The molecule has 0 saturated heterocycles. The third kappa shape index (κ3) is 4.57.